The zero-order valence-corrected chi connectivity index (χ0v) is 9.22. The molecule has 1 aliphatic heterocycles. The van der Waals surface area contributed by atoms with Crippen LogP contribution in [0, 0.1) is 5.41 Å². The molecule has 0 atom stereocenters. The van der Waals surface area contributed by atoms with E-state index in [-0.39, 0.29) is 12.3 Å². The van der Waals surface area contributed by atoms with E-state index < -0.39 is 10.0 Å². The maximum absolute atomic E-state index is 11.7. The standard InChI is InChI=1S/C9H18N2O2S/c10-5-7-14(12,13)11-6-4-9(8-11)2-1-3-9/h1-8,10H2. The van der Waals surface area contributed by atoms with Gasteiger partial charge in [-0.25, -0.2) is 12.7 Å². The molecule has 0 amide bonds. The molecule has 5 heteroatoms. The van der Waals surface area contributed by atoms with Gasteiger partial charge in [0.2, 0.25) is 10.0 Å². The quantitative estimate of drug-likeness (QED) is 0.733. The smallest absolute Gasteiger partial charge is 0.215 e. The average Bonchev–Trinajstić information content (AvgIpc) is 2.47. The van der Waals surface area contributed by atoms with Gasteiger partial charge in [0, 0.05) is 19.6 Å². The molecule has 1 saturated heterocycles. The molecule has 2 aliphatic rings. The molecule has 14 heavy (non-hydrogen) atoms. The van der Waals surface area contributed by atoms with Crippen molar-refractivity contribution in [1.29, 1.82) is 0 Å². The highest BCUT2D eigenvalue weighted by Crippen LogP contribution is 2.48. The van der Waals surface area contributed by atoms with E-state index in [0.717, 1.165) is 13.0 Å². The summed E-state index contributed by atoms with van der Waals surface area (Å²) in [4.78, 5) is 0. The molecule has 0 aromatic carbocycles. The van der Waals surface area contributed by atoms with Crippen LogP contribution in [0.3, 0.4) is 0 Å². The van der Waals surface area contributed by atoms with Crippen molar-refractivity contribution >= 4 is 10.0 Å². The minimum atomic E-state index is -3.05. The first-order chi connectivity index (χ1) is 6.58. The number of nitrogens with zero attached hydrogens (tertiary/aromatic N) is 1. The summed E-state index contributed by atoms with van der Waals surface area (Å²) < 4.78 is 25.1. The predicted octanol–water partition coefficient (Wildman–Crippen LogP) is 0.151. The lowest BCUT2D eigenvalue weighted by Crippen LogP contribution is -2.38. The summed E-state index contributed by atoms with van der Waals surface area (Å²) in [7, 11) is -3.05. The SMILES string of the molecule is NCCS(=O)(=O)N1CCC2(CCC2)C1. The van der Waals surface area contributed by atoms with E-state index in [4.69, 9.17) is 5.73 Å². The van der Waals surface area contributed by atoms with E-state index in [1.165, 1.54) is 19.3 Å². The molecule has 1 aliphatic carbocycles. The van der Waals surface area contributed by atoms with Crippen LogP contribution in [0.2, 0.25) is 0 Å². The molecule has 2 rings (SSSR count). The zero-order valence-electron chi connectivity index (χ0n) is 8.41. The Hall–Kier alpha value is -0.130. The Morgan fingerprint density at radius 2 is 2.00 bits per heavy atom. The second-order valence-corrected chi connectivity index (χ2v) is 6.63. The van der Waals surface area contributed by atoms with Gasteiger partial charge in [-0.2, -0.15) is 0 Å². The first-order valence-electron chi connectivity index (χ1n) is 5.26. The topological polar surface area (TPSA) is 63.4 Å². The van der Waals surface area contributed by atoms with E-state index >= 15 is 0 Å². The third-order valence-corrected chi connectivity index (χ3v) is 5.44. The van der Waals surface area contributed by atoms with Crippen molar-refractivity contribution < 1.29 is 8.42 Å². The Labute approximate surface area is 85.5 Å². The fraction of sp³-hybridized carbons (Fsp3) is 1.00. The van der Waals surface area contributed by atoms with E-state index in [0.29, 0.717) is 12.0 Å². The minimum absolute atomic E-state index is 0.100. The van der Waals surface area contributed by atoms with Gasteiger partial charge in [0.05, 0.1) is 5.75 Å². The third kappa shape index (κ3) is 1.68. The Balaban J connectivity index is 2.01. The fourth-order valence-electron chi connectivity index (χ4n) is 2.49. The van der Waals surface area contributed by atoms with Crippen LogP contribution in [0.15, 0.2) is 0 Å². The molecular formula is C9H18N2O2S. The Morgan fingerprint density at radius 3 is 2.43 bits per heavy atom. The Morgan fingerprint density at radius 1 is 1.29 bits per heavy atom. The zero-order chi connectivity index (χ0) is 10.2. The van der Waals surface area contributed by atoms with E-state index in [1.807, 2.05) is 0 Å². The molecule has 2 fully saturated rings. The van der Waals surface area contributed by atoms with Crippen molar-refractivity contribution in [3.8, 4) is 0 Å². The first kappa shape index (κ1) is 10.4. The van der Waals surface area contributed by atoms with Crippen LogP contribution in [-0.2, 0) is 10.0 Å². The lowest BCUT2D eigenvalue weighted by molar-refractivity contribution is 0.153. The van der Waals surface area contributed by atoms with Gasteiger partial charge in [0.1, 0.15) is 0 Å². The Bertz CT molecular complexity index is 309. The van der Waals surface area contributed by atoms with E-state index in [1.54, 1.807) is 4.31 Å². The summed E-state index contributed by atoms with van der Waals surface area (Å²) in [6.07, 6.45) is 4.74. The molecule has 0 bridgehead atoms. The summed E-state index contributed by atoms with van der Waals surface area (Å²) in [6, 6.07) is 0. The molecule has 1 saturated carbocycles. The van der Waals surface area contributed by atoms with Crippen LogP contribution in [0.1, 0.15) is 25.7 Å². The monoisotopic (exact) mass is 218 g/mol. The van der Waals surface area contributed by atoms with Gasteiger partial charge in [-0.05, 0) is 24.7 Å². The van der Waals surface area contributed by atoms with Gasteiger partial charge >= 0.3 is 0 Å². The predicted molar refractivity (Wildman–Crippen MR) is 55.3 cm³/mol. The van der Waals surface area contributed by atoms with Gasteiger partial charge in [-0.15, -0.1) is 0 Å². The summed E-state index contributed by atoms with van der Waals surface area (Å²) >= 11 is 0. The van der Waals surface area contributed by atoms with Crippen molar-refractivity contribution in [1.82, 2.24) is 4.31 Å². The molecule has 0 aromatic heterocycles. The van der Waals surface area contributed by atoms with Gasteiger partial charge in [-0.3, -0.25) is 0 Å². The van der Waals surface area contributed by atoms with Crippen LogP contribution in [0.4, 0.5) is 0 Å². The molecule has 1 heterocycles. The van der Waals surface area contributed by atoms with Gasteiger partial charge in [-0.1, -0.05) is 6.42 Å². The molecule has 0 radical (unpaired) electrons. The fourth-order valence-corrected chi connectivity index (χ4v) is 3.89. The van der Waals surface area contributed by atoms with Crippen LogP contribution >= 0.6 is 0 Å². The van der Waals surface area contributed by atoms with E-state index in [2.05, 4.69) is 0 Å². The lowest BCUT2D eigenvalue weighted by Gasteiger charge is -2.37. The molecular weight excluding hydrogens is 200 g/mol. The average molecular weight is 218 g/mol. The number of hydrogen-bond acceptors (Lipinski definition) is 3. The van der Waals surface area contributed by atoms with Gasteiger partial charge < -0.3 is 5.73 Å². The van der Waals surface area contributed by atoms with Gasteiger partial charge in [0.25, 0.3) is 0 Å². The number of rotatable bonds is 3. The van der Waals surface area contributed by atoms with Crippen LogP contribution in [0.25, 0.3) is 0 Å². The highest BCUT2D eigenvalue weighted by atomic mass is 32.2. The van der Waals surface area contributed by atoms with Crippen molar-refractivity contribution in [2.75, 3.05) is 25.4 Å². The normalized spacial score (nSPS) is 26.6. The highest BCUT2D eigenvalue weighted by Gasteiger charge is 2.45. The van der Waals surface area contributed by atoms with Crippen LogP contribution in [0.5, 0.6) is 0 Å². The second-order valence-electron chi connectivity index (χ2n) is 4.54. The molecule has 82 valence electrons. The van der Waals surface area contributed by atoms with Crippen molar-refractivity contribution in [3.05, 3.63) is 0 Å². The largest absolute Gasteiger partial charge is 0.329 e. The van der Waals surface area contributed by atoms with Crippen molar-refractivity contribution in [3.63, 3.8) is 0 Å². The van der Waals surface area contributed by atoms with Gasteiger partial charge in [0.15, 0.2) is 0 Å². The molecule has 0 unspecified atom stereocenters. The molecule has 1 spiro atoms. The number of nitrogens with two attached hydrogens (primary N) is 1. The molecule has 0 aromatic rings. The molecule has 4 nitrogen and oxygen atoms in total. The lowest BCUT2D eigenvalue weighted by atomic mass is 9.68. The van der Waals surface area contributed by atoms with E-state index in [9.17, 15) is 8.42 Å². The molecule has 2 N–H and O–H groups in total. The van der Waals surface area contributed by atoms with Crippen molar-refractivity contribution in [2.24, 2.45) is 11.1 Å². The number of hydrogen-bond donors (Lipinski definition) is 1. The Kier molecular flexibility index (Phi) is 2.57. The minimum Gasteiger partial charge on any atom is -0.329 e. The van der Waals surface area contributed by atoms with Crippen LogP contribution in [-0.4, -0.2) is 38.1 Å². The first-order valence-corrected chi connectivity index (χ1v) is 6.87. The summed E-state index contributed by atoms with van der Waals surface area (Å²) in [5.74, 6) is 0.100. The maximum Gasteiger partial charge on any atom is 0.215 e. The van der Waals surface area contributed by atoms with Crippen molar-refractivity contribution in [2.45, 2.75) is 25.7 Å². The summed E-state index contributed by atoms with van der Waals surface area (Å²) in [5.41, 5.74) is 5.64. The number of sulfonamides is 1. The summed E-state index contributed by atoms with van der Waals surface area (Å²) in [6.45, 7) is 1.68. The van der Waals surface area contributed by atoms with Crippen LogP contribution < -0.4 is 5.73 Å². The third-order valence-electron chi connectivity index (χ3n) is 3.59. The highest BCUT2D eigenvalue weighted by molar-refractivity contribution is 7.89. The maximum atomic E-state index is 11.7. The summed E-state index contributed by atoms with van der Waals surface area (Å²) in [5, 5.41) is 0. The second kappa shape index (κ2) is 3.47.